The summed E-state index contributed by atoms with van der Waals surface area (Å²) in [5.41, 5.74) is 0.676. The second-order valence-electron chi connectivity index (χ2n) is 6.45. The van der Waals surface area contributed by atoms with Gasteiger partial charge in [-0.25, -0.2) is 4.79 Å². The summed E-state index contributed by atoms with van der Waals surface area (Å²) in [4.78, 5) is 46.4. The lowest BCUT2D eigenvalue weighted by Crippen LogP contribution is -2.41. The van der Waals surface area contributed by atoms with Crippen LogP contribution in [0.2, 0.25) is 0 Å². The number of ether oxygens (including phenoxy) is 1. The van der Waals surface area contributed by atoms with Crippen molar-refractivity contribution in [2.24, 2.45) is 0 Å². The molecule has 2 rings (SSSR count). The van der Waals surface area contributed by atoms with Gasteiger partial charge in [-0.05, 0) is 37.6 Å². The number of amides is 2. The van der Waals surface area contributed by atoms with Crippen molar-refractivity contribution in [2.75, 3.05) is 6.61 Å². The molecule has 0 aliphatic rings. The number of non-ortho nitro benzene ring substituents is 1. The minimum atomic E-state index is -1.05. The Hall–Kier alpha value is -3.27. The smallest absolute Gasteiger partial charge is 0.328 e. The van der Waals surface area contributed by atoms with Gasteiger partial charge >= 0.3 is 5.97 Å². The summed E-state index contributed by atoms with van der Waals surface area (Å²) < 4.78 is 5.86. The zero-order valence-corrected chi connectivity index (χ0v) is 17.8. The molecule has 0 saturated carbocycles. The van der Waals surface area contributed by atoms with Crippen molar-refractivity contribution < 1.29 is 24.0 Å². The Morgan fingerprint density at radius 3 is 2.40 bits per heavy atom. The van der Waals surface area contributed by atoms with E-state index in [2.05, 4.69) is 26.6 Å². The van der Waals surface area contributed by atoms with Crippen LogP contribution in [-0.2, 0) is 14.3 Å². The molecule has 158 valence electrons. The third-order valence-corrected chi connectivity index (χ3v) is 4.64. The van der Waals surface area contributed by atoms with Crippen molar-refractivity contribution in [2.45, 2.75) is 25.9 Å². The predicted octanol–water partition coefficient (Wildman–Crippen LogP) is 2.90. The predicted molar refractivity (Wildman–Crippen MR) is 112 cm³/mol. The Morgan fingerprint density at radius 2 is 1.77 bits per heavy atom. The molecule has 0 bridgehead atoms. The zero-order valence-electron chi connectivity index (χ0n) is 16.3. The summed E-state index contributed by atoms with van der Waals surface area (Å²) in [7, 11) is 0. The van der Waals surface area contributed by atoms with Gasteiger partial charge in [0.2, 0.25) is 0 Å². The number of nitrogens with zero attached hydrogens (tertiary/aromatic N) is 1. The summed E-state index contributed by atoms with van der Waals surface area (Å²) in [5, 5.41) is 15.9. The number of esters is 1. The fourth-order valence-electron chi connectivity index (χ4n) is 2.48. The third-order valence-electron chi connectivity index (χ3n) is 4.11. The van der Waals surface area contributed by atoms with Crippen LogP contribution in [0.15, 0.2) is 53.0 Å². The third kappa shape index (κ3) is 6.66. The first-order valence-corrected chi connectivity index (χ1v) is 9.73. The molecule has 0 saturated heterocycles. The van der Waals surface area contributed by atoms with Gasteiger partial charge in [0.15, 0.2) is 6.61 Å². The van der Waals surface area contributed by atoms with E-state index in [-0.39, 0.29) is 17.3 Å². The van der Waals surface area contributed by atoms with Crippen LogP contribution in [0.1, 0.15) is 35.8 Å². The van der Waals surface area contributed by atoms with Crippen LogP contribution in [0.4, 0.5) is 5.69 Å². The highest BCUT2D eigenvalue weighted by molar-refractivity contribution is 9.10. The molecule has 0 fully saturated rings. The van der Waals surface area contributed by atoms with Gasteiger partial charge in [0.05, 0.1) is 11.0 Å². The number of nitrogens with one attached hydrogen (secondary N) is 2. The van der Waals surface area contributed by atoms with Gasteiger partial charge in [-0.15, -0.1) is 0 Å². The maximum Gasteiger partial charge on any atom is 0.328 e. The van der Waals surface area contributed by atoms with Crippen molar-refractivity contribution in [1.29, 1.82) is 0 Å². The number of nitro groups is 1. The second-order valence-corrected chi connectivity index (χ2v) is 7.37. The minimum Gasteiger partial charge on any atom is -0.454 e. The molecule has 0 aliphatic carbocycles. The Morgan fingerprint density at radius 1 is 1.10 bits per heavy atom. The largest absolute Gasteiger partial charge is 0.454 e. The molecule has 0 heterocycles. The summed E-state index contributed by atoms with van der Waals surface area (Å²) >= 11 is 3.34. The Bertz CT molecular complexity index is 948. The van der Waals surface area contributed by atoms with Crippen molar-refractivity contribution >= 4 is 39.4 Å². The number of hydrogen-bond acceptors (Lipinski definition) is 6. The first kappa shape index (κ1) is 23.0. The minimum absolute atomic E-state index is 0.0323. The van der Waals surface area contributed by atoms with Crippen LogP contribution in [0, 0.1) is 10.1 Å². The number of rotatable bonds is 8. The van der Waals surface area contributed by atoms with E-state index in [1.165, 1.54) is 25.1 Å². The summed E-state index contributed by atoms with van der Waals surface area (Å²) in [5.74, 6) is -1.97. The molecule has 0 aromatic heterocycles. The quantitative estimate of drug-likeness (QED) is 0.341. The first-order valence-electron chi connectivity index (χ1n) is 8.94. The number of benzene rings is 2. The standard InChI is InChI=1S/C20H20BrN3O6/c1-12(14-6-8-16(21)9-7-14)22-18(25)11-30-20(27)13(2)23-19(26)15-4-3-5-17(10-15)24(28)29/h3-10,12-13H,11H2,1-2H3,(H,22,25)(H,23,26)/t12?,13-/m0/s1. The van der Waals surface area contributed by atoms with Crippen LogP contribution >= 0.6 is 15.9 Å². The van der Waals surface area contributed by atoms with E-state index in [4.69, 9.17) is 4.74 Å². The molecule has 0 spiro atoms. The van der Waals surface area contributed by atoms with Crippen molar-refractivity contribution in [3.63, 3.8) is 0 Å². The average Bonchev–Trinajstić information content (AvgIpc) is 2.72. The fraction of sp³-hybridized carbons (Fsp3) is 0.250. The van der Waals surface area contributed by atoms with Gasteiger partial charge in [-0.2, -0.15) is 0 Å². The molecule has 2 aromatic rings. The maximum atomic E-state index is 12.2. The molecular formula is C20H20BrN3O6. The Labute approximate surface area is 181 Å². The lowest BCUT2D eigenvalue weighted by atomic mass is 10.1. The fourth-order valence-corrected chi connectivity index (χ4v) is 2.74. The highest BCUT2D eigenvalue weighted by Gasteiger charge is 2.20. The van der Waals surface area contributed by atoms with E-state index in [0.717, 1.165) is 16.1 Å². The molecule has 9 nitrogen and oxygen atoms in total. The van der Waals surface area contributed by atoms with E-state index in [0.29, 0.717) is 0 Å². The van der Waals surface area contributed by atoms with Gasteiger partial charge in [0.25, 0.3) is 17.5 Å². The summed E-state index contributed by atoms with van der Waals surface area (Å²) in [6.07, 6.45) is 0. The number of halogens is 1. The number of nitro benzene ring substituents is 1. The maximum absolute atomic E-state index is 12.2. The first-order chi connectivity index (χ1) is 14.2. The topological polar surface area (TPSA) is 128 Å². The van der Waals surface area contributed by atoms with Crippen LogP contribution in [0.25, 0.3) is 0 Å². The van der Waals surface area contributed by atoms with E-state index >= 15 is 0 Å². The van der Waals surface area contributed by atoms with Gasteiger partial charge in [0, 0.05) is 22.2 Å². The van der Waals surface area contributed by atoms with Crippen molar-refractivity contribution in [1.82, 2.24) is 10.6 Å². The molecule has 0 radical (unpaired) electrons. The highest BCUT2D eigenvalue weighted by Crippen LogP contribution is 2.16. The summed E-state index contributed by atoms with van der Waals surface area (Å²) in [6, 6.07) is 11.2. The van der Waals surface area contributed by atoms with Gasteiger partial charge in [-0.3, -0.25) is 19.7 Å². The monoisotopic (exact) mass is 477 g/mol. The highest BCUT2D eigenvalue weighted by atomic mass is 79.9. The van der Waals surface area contributed by atoms with E-state index in [9.17, 15) is 24.5 Å². The molecule has 30 heavy (non-hydrogen) atoms. The average molecular weight is 478 g/mol. The number of carbonyl (C=O) groups excluding carboxylic acids is 3. The van der Waals surface area contributed by atoms with Crippen LogP contribution < -0.4 is 10.6 Å². The lowest BCUT2D eigenvalue weighted by Gasteiger charge is -2.16. The van der Waals surface area contributed by atoms with E-state index < -0.39 is 35.4 Å². The van der Waals surface area contributed by atoms with Gasteiger partial charge < -0.3 is 15.4 Å². The van der Waals surface area contributed by atoms with Crippen LogP contribution in [-0.4, -0.2) is 35.4 Å². The van der Waals surface area contributed by atoms with Crippen molar-refractivity contribution in [3.05, 3.63) is 74.2 Å². The van der Waals surface area contributed by atoms with Crippen LogP contribution in [0.3, 0.4) is 0 Å². The van der Waals surface area contributed by atoms with Crippen molar-refractivity contribution in [3.8, 4) is 0 Å². The Balaban J connectivity index is 1.83. The molecule has 2 amide bonds. The van der Waals surface area contributed by atoms with Gasteiger partial charge in [-0.1, -0.05) is 34.1 Å². The van der Waals surface area contributed by atoms with E-state index in [1.54, 1.807) is 6.92 Å². The molecule has 1 unspecified atom stereocenters. The molecule has 2 aromatic carbocycles. The SMILES string of the molecule is CC(NC(=O)COC(=O)[C@H](C)NC(=O)c1cccc([N+](=O)[O-])c1)c1ccc(Br)cc1. The molecule has 2 N–H and O–H groups in total. The molecular weight excluding hydrogens is 458 g/mol. The lowest BCUT2D eigenvalue weighted by molar-refractivity contribution is -0.384. The van der Waals surface area contributed by atoms with Crippen LogP contribution in [0.5, 0.6) is 0 Å². The van der Waals surface area contributed by atoms with E-state index in [1.807, 2.05) is 24.3 Å². The molecule has 2 atom stereocenters. The summed E-state index contributed by atoms with van der Waals surface area (Å²) in [6.45, 7) is 2.68. The molecule has 0 aliphatic heterocycles. The second kappa shape index (κ2) is 10.5. The number of hydrogen-bond donors (Lipinski definition) is 2. The number of carbonyl (C=O) groups is 3. The van der Waals surface area contributed by atoms with Gasteiger partial charge in [0.1, 0.15) is 6.04 Å². The normalized spacial score (nSPS) is 12.4. The molecule has 10 heteroatoms. The zero-order chi connectivity index (χ0) is 22.3. The Kier molecular flexibility index (Phi) is 8.05.